The minimum absolute atomic E-state index is 0.392. The molecule has 1 saturated carbocycles. The van der Waals surface area contributed by atoms with E-state index < -0.39 is 23.0 Å². The number of nitrogens with zero attached hydrogens (tertiary/aromatic N) is 1. The maximum atomic E-state index is 13.2. The Morgan fingerprint density at radius 1 is 1.00 bits per heavy atom. The van der Waals surface area contributed by atoms with Gasteiger partial charge in [-0.2, -0.15) is 0 Å². The maximum absolute atomic E-state index is 13.2. The SMILES string of the molecule is CCc1cc2nccc(Cc3cc(Cl)c(NC(=O)C4(C(=O)Nc5ccc(F)cc5)CC4)cc3C)c2cc1OC. The summed E-state index contributed by atoms with van der Waals surface area (Å²) < 4.78 is 18.8. The normalized spacial score (nSPS) is 13.7. The number of ether oxygens (including phenoxy) is 1. The summed E-state index contributed by atoms with van der Waals surface area (Å²) in [4.78, 5) is 30.6. The molecule has 2 N–H and O–H groups in total. The number of rotatable bonds is 8. The molecule has 0 radical (unpaired) electrons. The van der Waals surface area contributed by atoms with Crippen LogP contribution in [0.3, 0.4) is 0 Å². The van der Waals surface area contributed by atoms with Crippen LogP contribution in [-0.2, 0) is 22.4 Å². The van der Waals surface area contributed by atoms with Gasteiger partial charge in [0.1, 0.15) is 17.0 Å². The second-order valence-corrected chi connectivity index (χ2v) is 10.3. The lowest BCUT2D eigenvalue weighted by atomic mass is 9.96. The van der Waals surface area contributed by atoms with Gasteiger partial charge in [0.15, 0.2) is 0 Å². The summed E-state index contributed by atoms with van der Waals surface area (Å²) in [6.45, 7) is 4.05. The monoisotopic (exact) mass is 545 g/mol. The van der Waals surface area contributed by atoms with Crippen molar-refractivity contribution in [1.82, 2.24) is 4.98 Å². The Labute approximate surface area is 231 Å². The number of nitrogens with one attached hydrogen (secondary N) is 2. The molecular weight excluding hydrogens is 517 g/mol. The van der Waals surface area contributed by atoms with Crippen LogP contribution in [0, 0.1) is 18.2 Å². The average molecular weight is 546 g/mol. The van der Waals surface area contributed by atoms with Crippen LogP contribution in [0.4, 0.5) is 15.8 Å². The van der Waals surface area contributed by atoms with E-state index in [4.69, 9.17) is 16.3 Å². The van der Waals surface area contributed by atoms with Gasteiger partial charge in [-0.3, -0.25) is 14.6 Å². The van der Waals surface area contributed by atoms with E-state index in [1.165, 1.54) is 24.3 Å². The number of aromatic nitrogens is 1. The van der Waals surface area contributed by atoms with Crippen LogP contribution in [0.5, 0.6) is 5.75 Å². The second-order valence-electron chi connectivity index (χ2n) is 9.94. The molecule has 1 heterocycles. The molecule has 39 heavy (non-hydrogen) atoms. The van der Waals surface area contributed by atoms with E-state index >= 15 is 0 Å². The number of amides is 2. The first kappa shape index (κ1) is 26.6. The topological polar surface area (TPSA) is 80.3 Å². The Hall–Kier alpha value is -3.97. The highest BCUT2D eigenvalue weighted by Crippen LogP contribution is 2.48. The molecule has 0 unspecified atom stereocenters. The highest BCUT2D eigenvalue weighted by Gasteiger charge is 2.56. The molecule has 0 aliphatic heterocycles. The molecule has 2 amide bonds. The minimum Gasteiger partial charge on any atom is -0.496 e. The summed E-state index contributed by atoms with van der Waals surface area (Å²) in [5.41, 5.74) is 4.79. The Morgan fingerprint density at radius 2 is 1.72 bits per heavy atom. The van der Waals surface area contributed by atoms with Crippen molar-refractivity contribution in [3.63, 3.8) is 0 Å². The molecule has 8 heteroatoms. The number of methoxy groups -OCH3 is 1. The van der Waals surface area contributed by atoms with Crippen molar-refractivity contribution < 1.29 is 18.7 Å². The van der Waals surface area contributed by atoms with Crippen molar-refractivity contribution >= 4 is 45.7 Å². The third-order valence-corrected chi connectivity index (χ3v) is 7.70. The number of carbonyl (C=O) groups is 2. The van der Waals surface area contributed by atoms with Crippen molar-refractivity contribution in [2.45, 2.75) is 39.5 Å². The average Bonchev–Trinajstić information content (AvgIpc) is 3.74. The van der Waals surface area contributed by atoms with Gasteiger partial charge < -0.3 is 15.4 Å². The van der Waals surface area contributed by atoms with Crippen molar-refractivity contribution in [3.05, 3.63) is 93.9 Å². The van der Waals surface area contributed by atoms with Gasteiger partial charge >= 0.3 is 0 Å². The zero-order chi connectivity index (χ0) is 27.7. The fraction of sp³-hybridized carbons (Fsp3) is 0.258. The number of hydrogen-bond donors (Lipinski definition) is 2. The van der Waals surface area contributed by atoms with Crippen LogP contribution in [0.1, 0.15) is 42.0 Å². The Kier molecular flexibility index (Phi) is 7.28. The number of aryl methyl sites for hydroxylation is 2. The molecule has 1 aliphatic rings. The number of pyridine rings is 1. The van der Waals surface area contributed by atoms with Crippen LogP contribution in [0.25, 0.3) is 10.9 Å². The van der Waals surface area contributed by atoms with Crippen molar-refractivity contribution in [2.75, 3.05) is 17.7 Å². The largest absolute Gasteiger partial charge is 0.496 e. The molecule has 0 spiro atoms. The van der Waals surface area contributed by atoms with E-state index in [2.05, 4.69) is 28.6 Å². The van der Waals surface area contributed by atoms with Gasteiger partial charge in [-0.05, 0) is 109 Å². The second kappa shape index (κ2) is 10.7. The lowest BCUT2D eigenvalue weighted by Crippen LogP contribution is -2.35. The third kappa shape index (κ3) is 5.32. The molecule has 0 atom stereocenters. The molecule has 0 saturated heterocycles. The van der Waals surface area contributed by atoms with Crippen LogP contribution in [0.15, 0.2) is 60.8 Å². The van der Waals surface area contributed by atoms with E-state index in [-0.39, 0.29) is 0 Å². The molecular formula is C31H29ClFN3O3. The van der Waals surface area contributed by atoms with E-state index in [1.807, 2.05) is 31.2 Å². The van der Waals surface area contributed by atoms with Crippen LogP contribution in [0.2, 0.25) is 5.02 Å². The van der Waals surface area contributed by atoms with Crippen LogP contribution < -0.4 is 15.4 Å². The van der Waals surface area contributed by atoms with Gasteiger partial charge in [-0.1, -0.05) is 18.5 Å². The highest BCUT2D eigenvalue weighted by atomic mass is 35.5. The Bertz CT molecular complexity index is 1580. The molecule has 1 aromatic heterocycles. The van der Waals surface area contributed by atoms with E-state index in [0.29, 0.717) is 35.7 Å². The van der Waals surface area contributed by atoms with E-state index in [0.717, 1.165) is 45.3 Å². The number of carbonyl (C=O) groups excluding carboxylic acids is 2. The quantitative estimate of drug-likeness (QED) is 0.237. The van der Waals surface area contributed by atoms with Gasteiger partial charge in [0.05, 0.1) is 23.3 Å². The maximum Gasteiger partial charge on any atom is 0.240 e. The molecule has 1 fully saturated rings. The van der Waals surface area contributed by atoms with Crippen LogP contribution >= 0.6 is 11.6 Å². The van der Waals surface area contributed by atoms with E-state index in [1.54, 1.807) is 13.3 Å². The molecule has 0 bridgehead atoms. The first-order valence-corrected chi connectivity index (χ1v) is 13.2. The van der Waals surface area contributed by atoms with Gasteiger partial charge in [0.25, 0.3) is 0 Å². The lowest BCUT2D eigenvalue weighted by molar-refractivity contribution is -0.131. The third-order valence-electron chi connectivity index (χ3n) is 7.39. The molecule has 3 aromatic carbocycles. The summed E-state index contributed by atoms with van der Waals surface area (Å²) in [6, 6.07) is 15.2. The first-order valence-electron chi connectivity index (χ1n) is 12.9. The molecule has 200 valence electrons. The minimum atomic E-state index is -1.17. The number of hydrogen-bond acceptors (Lipinski definition) is 4. The predicted octanol–water partition coefficient (Wildman–Crippen LogP) is 6.85. The standard InChI is InChI=1S/C31H29ClFN3O3/c1-4-19-16-26-24(17-28(19)39-3)20(9-12-34-26)14-21-15-25(32)27(13-18(21)2)36-30(38)31(10-11-31)29(37)35-23-7-5-22(33)6-8-23/h5-9,12-13,15-17H,4,10-11,14H2,1-3H3,(H,35,37)(H,36,38). The fourth-order valence-corrected chi connectivity index (χ4v) is 5.05. The highest BCUT2D eigenvalue weighted by molar-refractivity contribution is 6.34. The van der Waals surface area contributed by atoms with Crippen molar-refractivity contribution in [2.24, 2.45) is 5.41 Å². The van der Waals surface area contributed by atoms with Crippen molar-refractivity contribution in [1.29, 1.82) is 0 Å². The zero-order valence-corrected chi connectivity index (χ0v) is 22.8. The van der Waals surface area contributed by atoms with Gasteiger partial charge in [-0.15, -0.1) is 0 Å². The Morgan fingerprint density at radius 3 is 2.38 bits per heavy atom. The Balaban J connectivity index is 1.35. The van der Waals surface area contributed by atoms with Crippen LogP contribution in [-0.4, -0.2) is 23.9 Å². The van der Waals surface area contributed by atoms with Gasteiger partial charge in [0, 0.05) is 17.3 Å². The van der Waals surface area contributed by atoms with E-state index in [9.17, 15) is 14.0 Å². The van der Waals surface area contributed by atoms with Gasteiger partial charge in [-0.25, -0.2) is 4.39 Å². The number of benzene rings is 3. The molecule has 4 aromatic rings. The predicted molar refractivity (Wildman–Crippen MR) is 152 cm³/mol. The zero-order valence-electron chi connectivity index (χ0n) is 22.0. The molecule has 6 nitrogen and oxygen atoms in total. The number of halogens is 2. The molecule has 5 rings (SSSR count). The summed E-state index contributed by atoms with van der Waals surface area (Å²) in [5, 5.41) is 6.98. The number of anilines is 2. The fourth-order valence-electron chi connectivity index (χ4n) is 4.82. The molecule has 1 aliphatic carbocycles. The lowest BCUT2D eigenvalue weighted by Gasteiger charge is -2.18. The van der Waals surface area contributed by atoms with Gasteiger partial charge in [0.2, 0.25) is 11.8 Å². The smallest absolute Gasteiger partial charge is 0.240 e. The van der Waals surface area contributed by atoms with Crippen molar-refractivity contribution in [3.8, 4) is 5.75 Å². The summed E-state index contributed by atoms with van der Waals surface area (Å²) in [7, 11) is 1.67. The number of fused-ring (bicyclic) bond motifs is 1. The summed E-state index contributed by atoms with van der Waals surface area (Å²) in [6.07, 6.45) is 4.14. The summed E-state index contributed by atoms with van der Waals surface area (Å²) in [5.74, 6) is -0.384. The summed E-state index contributed by atoms with van der Waals surface area (Å²) >= 11 is 6.63. The first-order chi connectivity index (χ1) is 18.7.